The molecule has 0 atom stereocenters. The summed E-state index contributed by atoms with van der Waals surface area (Å²) in [6.45, 7) is 3.45. The average molecular weight is 344 g/mol. The SMILES string of the molecule is Cc1ccc2c(CC(=O)OCC(=O)NC(=O)NC3CC3)coc2c1C. The van der Waals surface area contributed by atoms with Gasteiger partial charge in [0.05, 0.1) is 12.7 Å². The highest BCUT2D eigenvalue weighted by Crippen LogP contribution is 2.26. The Balaban J connectivity index is 1.51. The number of furan rings is 1. The smallest absolute Gasteiger partial charge is 0.321 e. The zero-order chi connectivity index (χ0) is 18.0. The maximum absolute atomic E-state index is 11.9. The molecule has 132 valence electrons. The van der Waals surface area contributed by atoms with Crippen LogP contribution in [0.4, 0.5) is 4.79 Å². The van der Waals surface area contributed by atoms with Crippen molar-refractivity contribution in [3.05, 3.63) is 35.1 Å². The first-order valence-electron chi connectivity index (χ1n) is 8.16. The summed E-state index contributed by atoms with van der Waals surface area (Å²) in [6.07, 6.45) is 3.38. The molecule has 0 spiro atoms. The van der Waals surface area contributed by atoms with Crippen LogP contribution in [-0.4, -0.2) is 30.6 Å². The topological polar surface area (TPSA) is 97.6 Å². The summed E-state index contributed by atoms with van der Waals surface area (Å²) in [5.41, 5.74) is 3.59. The van der Waals surface area contributed by atoms with Gasteiger partial charge in [-0.3, -0.25) is 14.9 Å². The van der Waals surface area contributed by atoms with Crippen LogP contribution in [-0.2, 0) is 20.7 Å². The van der Waals surface area contributed by atoms with Crippen molar-refractivity contribution in [2.75, 3.05) is 6.61 Å². The minimum Gasteiger partial charge on any atom is -0.464 e. The lowest BCUT2D eigenvalue weighted by Gasteiger charge is -2.06. The first-order valence-corrected chi connectivity index (χ1v) is 8.16. The molecule has 3 rings (SSSR count). The third-order valence-corrected chi connectivity index (χ3v) is 4.21. The fraction of sp³-hybridized carbons (Fsp3) is 0.389. The van der Waals surface area contributed by atoms with E-state index in [0.29, 0.717) is 5.56 Å². The van der Waals surface area contributed by atoms with E-state index < -0.39 is 24.5 Å². The van der Waals surface area contributed by atoms with Crippen molar-refractivity contribution in [2.45, 2.75) is 39.2 Å². The van der Waals surface area contributed by atoms with Crippen molar-refractivity contribution >= 4 is 28.9 Å². The van der Waals surface area contributed by atoms with E-state index in [1.807, 2.05) is 26.0 Å². The number of hydrogen-bond donors (Lipinski definition) is 2. The fourth-order valence-corrected chi connectivity index (χ4v) is 2.49. The first kappa shape index (κ1) is 17.0. The molecule has 0 aliphatic heterocycles. The molecule has 3 amide bonds. The number of fused-ring (bicyclic) bond motifs is 1. The van der Waals surface area contributed by atoms with Gasteiger partial charge in [0.2, 0.25) is 0 Å². The van der Waals surface area contributed by atoms with Crippen molar-refractivity contribution in [2.24, 2.45) is 0 Å². The van der Waals surface area contributed by atoms with E-state index in [9.17, 15) is 14.4 Å². The summed E-state index contributed by atoms with van der Waals surface area (Å²) >= 11 is 0. The molecule has 25 heavy (non-hydrogen) atoms. The summed E-state index contributed by atoms with van der Waals surface area (Å²) in [7, 11) is 0. The van der Waals surface area contributed by atoms with E-state index in [-0.39, 0.29) is 12.5 Å². The molecular formula is C18H20N2O5. The lowest BCUT2D eigenvalue weighted by molar-refractivity contribution is -0.147. The van der Waals surface area contributed by atoms with Crippen molar-refractivity contribution in [1.82, 2.24) is 10.6 Å². The summed E-state index contributed by atoms with van der Waals surface area (Å²) in [4.78, 5) is 34.9. The molecule has 1 heterocycles. The van der Waals surface area contributed by atoms with Gasteiger partial charge in [0.25, 0.3) is 5.91 Å². The molecule has 1 aromatic heterocycles. The number of ether oxygens (including phenoxy) is 1. The van der Waals surface area contributed by atoms with E-state index in [0.717, 1.165) is 34.9 Å². The minimum atomic E-state index is -0.657. The third kappa shape index (κ3) is 4.17. The van der Waals surface area contributed by atoms with Crippen LogP contribution in [0.5, 0.6) is 0 Å². The number of benzene rings is 1. The van der Waals surface area contributed by atoms with Gasteiger partial charge in [0.15, 0.2) is 6.61 Å². The summed E-state index contributed by atoms with van der Waals surface area (Å²) in [5, 5.41) is 5.59. The van der Waals surface area contributed by atoms with E-state index in [4.69, 9.17) is 9.15 Å². The molecule has 0 bridgehead atoms. The highest BCUT2D eigenvalue weighted by molar-refractivity contribution is 5.96. The van der Waals surface area contributed by atoms with Crippen molar-refractivity contribution in [3.8, 4) is 0 Å². The molecule has 1 saturated carbocycles. The van der Waals surface area contributed by atoms with E-state index in [1.165, 1.54) is 6.26 Å². The van der Waals surface area contributed by atoms with E-state index in [2.05, 4.69) is 10.6 Å². The second-order valence-corrected chi connectivity index (χ2v) is 6.28. The zero-order valence-corrected chi connectivity index (χ0v) is 14.2. The van der Waals surface area contributed by atoms with Gasteiger partial charge < -0.3 is 14.5 Å². The van der Waals surface area contributed by atoms with Crippen LogP contribution in [0.15, 0.2) is 22.8 Å². The van der Waals surface area contributed by atoms with Crippen LogP contribution >= 0.6 is 0 Å². The molecule has 1 aliphatic carbocycles. The van der Waals surface area contributed by atoms with E-state index >= 15 is 0 Å². The lowest BCUT2D eigenvalue weighted by Crippen LogP contribution is -2.42. The molecule has 7 heteroatoms. The summed E-state index contributed by atoms with van der Waals surface area (Å²) in [6, 6.07) is 3.46. The number of rotatable bonds is 5. The Bertz CT molecular complexity index is 835. The number of hydrogen-bond acceptors (Lipinski definition) is 5. The standard InChI is InChI=1S/C18H20N2O5/c1-10-3-6-14-12(8-25-17(14)11(10)2)7-16(22)24-9-15(21)20-18(23)19-13-4-5-13/h3,6,8,13H,4-5,7,9H2,1-2H3,(H2,19,20,21,23). The average Bonchev–Trinajstić information content (AvgIpc) is 3.28. The van der Waals surface area contributed by atoms with Crippen LogP contribution in [0, 0.1) is 13.8 Å². The molecule has 0 radical (unpaired) electrons. The molecule has 2 N–H and O–H groups in total. The maximum Gasteiger partial charge on any atom is 0.321 e. The van der Waals surface area contributed by atoms with Crippen LogP contribution in [0.25, 0.3) is 11.0 Å². The molecule has 0 unspecified atom stereocenters. The van der Waals surface area contributed by atoms with Gasteiger partial charge in [0.1, 0.15) is 5.58 Å². The Kier molecular flexibility index (Phi) is 4.74. The predicted octanol–water partition coefficient (Wildman–Crippen LogP) is 2.12. The Morgan fingerprint density at radius 3 is 2.72 bits per heavy atom. The van der Waals surface area contributed by atoms with Gasteiger partial charge in [-0.25, -0.2) is 4.79 Å². The van der Waals surface area contributed by atoms with Gasteiger partial charge in [-0.15, -0.1) is 0 Å². The van der Waals surface area contributed by atoms with Crippen LogP contribution in [0.3, 0.4) is 0 Å². The second kappa shape index (κ2) is 6.96. The van der Waals surface area contributed by atoms with Gasteiger partial charge in [-0.1, -0.05) is 12.1 Å². The number of urea groups is 1. The molecular weight excluding hydrogens is 324 g/mol. The Morgan fingerprint density at radius 1 is 1.24 bits per heavy atom. The number of aryl methyl sites for hydroxylation is 2. The minimum absolute atomic E-state index is 0.00293. The highest BCUT2D eigenvalue weighted by Gasteiger charge is 2.24. The monoisotopic (exact) mass is 344 g/mol. The normalized spacial score (nSPS) is 13.5. The van der Waals surface area contributed by atoms with Crippen molar-refractivity contribution in [1.29, 1.82) is 0 Å². The third-order valence-electron chi connectivity index (χ3n) is 4.21. The Labute approximate surface area is 144 Å². The van der Waals surface area contributed by atoms with Crippen LogP contribution in [0.2, 0.25) is 0 Å². The number of imide groups is 1. The quantitative estimate of drug-likeness (QED) is 0.810. The number of amides is 3. The van der Waals surface area contributed by atoms with Crippen LogP contribution < -0.4 is 10.6 Å². The number of nitrogens with one attached hydrogen (secondary N) is 2. The molecule has 7 nitrogen and oxygen atoms in total. The highest BCUT2D eigenvalue weighted by atomic mass is 16.5. The summed E-state index contributed by atoms with van der Waals surface area (Å²) < 4.78 is 10.5. The molecule has 2 aromatic rings. The second-order valence-electron chi connectivity index (χ2n) is 6.28. The molecule has 1 aliphatic rings. The van der Waals surface area contributed by atoms with E-state index in [1.54, 1.807) is 0 Å². The lowest BCUT2D eigenvalue weighted by atomic mass is 10.0. The number of carbonyl (C=O) groups is 3. The Hall–Kier alpha value is -2.83. The van der Waals surface area contributed by atoms with Crippen LogP contribution in [0.1, 0.15) is 29.5 Å². The molecule has 0 saturated heterocycles. The largest absolute Gasteiger partial charge is 0.464 e. The number of carbonyl (C=O) groups excluding carboxylic acids is 3. The van der Waals surface area contributed by atoms with Gasteiger partial charge in [-0.2, -0.15) is 0 Å². The predicted molar refractivity (Wildman–Crippen MR) is 90.0 cm³/mol. The van der Waals surface area contributed by atoms with Gasteiger partial charge in [0, 0.05) is 17.0 Å². The summed E-state index contributed by atoms with van der Waals surface area (Å²) in [5.74, 6) is -1.21. The first-order chi connectivity index (χ1) is 11.9. The maximum atomic E-state index is 11.9. The molecule has 1 fully saturated rings. The Morgan fingerprint density at radius 2 is 2.00 bits per heavy atom. The van der Waals surface area contributed by atoms with Crippen molar-refractivity contribution in [3.63, 3.8) is 0 Å². The van der Waals surface area contributed by atoms with Gasteiger partial charge >= 0.3 is 12.0 Å². The van der Waals surface area contributed by atoms with Crippen molar-refractivity contribution < 1.29 is 23.5 Å². The zero-order valence-electron chi connectivity index (χ0n) is 14.2. The molecule has 1 aromatic carbocycles. The number of esters is 1. The van der Waals surface area contributed by atoms with Gasteiger partial charge in [-0.05, 0) is 37.8 Å². The fourth-order valence-electron chi connectivity index (χ4n) is 2.49.